The number of carbonyl (C=O) groups excluding carboxylic acids is 1. The highest BCUT2D eigenvalue weighted by Gasteiger charge is 2.29. The minimum absolute atomic E-state index is 0.291. The Bertz CT molecular complexity index is 468. The van der Waals surface area contributed by atoms with Gasteiger partial charge in [0.15, 0.2) is 0 Å². The van der Waals surface area contributed by atoms with Crippen molar-refractivity contribution < 1.29 is 9.53 Å². The van der Waals surface area contributed by atoms with Crippen LogP contribution in [0.1, 0.15) is 59.4 Å². The Morgan fingerprint density at radius 2 is 1.78 bits per heavy atom. The number of benzene rings is 1. The van der Waals surface area contributed by atoms with E-state index in [1.54, 1.807) is 0 Å². The number of rotatable bonds is 8. The molecule has 1 aromatic carbocycles. The van der Waals surface area contributed by atoms with Gasteiger partial charge < -0.3 is 15.4 Å². The summed E-state index contributed by atoms with van der Waals surface area (Å²) in [7, 11) is 0. The Morgan fingerprint density at radius 1 is 1.13 bits per heavy atom. The molecule has 0 fully saturated rings. The molecule has 1 aromatic rings. The van der Waals surface area contributed by atoms with E-state index in [1.165, 1.54) is 5.56 Å². The molecule has 1 atom stereocenters. The Labute approximate surface area is 141 Å². The summed E-state index contributed by atoms with van der Waals surface area (Å²) < 4.78 is 5.74. The van der Waals surface area contributed by atoms with Gasteiger partial charge in [0, 0.05) is 18.6 Å². The van der Waals surface area contributed by atoms with Gasteiger partial charge in [-0.2, -0.15) is 0 Å². The number of nitrogens with one attached hydrogen (secondary N) is 2. The van der Waals surface area contributed by atoms with Crippen LogP contribution in [0.5, 0.6) is 0 Å². The van der Waals surface area contributed by atoms with Gasteiger partial charge in [-0.3, -0.25) is 0 Å². The molecule has 0 saturated carbocycles. The summed E-state index contributed by atoms with van der Waals surface area (Å²) in [6.07, 6.45) is 2.62. The number of carbonyl (C=O) groups is 1. The molecule has 2 N–H and O–H groups in total. The maximum atomic E-state index is 12.1. The third kappa shape index (κ3) is 8.60. The highest BCUT2D eigenvalue weighted by molar-refractivity contribution is 5.68. The van der Waals surface area contributed by atoms with Crippen LogP contribution in [0.15, 0.2) is 30.3 Å². The highest BCUT2D eigenvalue weighted by Crippen LogP contribution is 2.19. The van der Waals surface area contributed by atoms with Crippen molar-refractivity contribution in [3.63, 3.8) is 0 Å². The second kappa shape index (κ2) is 8.92. The van der Waals surface area contributed by atoms with Crippen LogP contribution in [0.25, 0.3) is 0 Å². The topological polar surface area (TPSA) is 50.4 Å². The molecule has 0 aliphatic carbocycles. The quantitative estimate of drug-likeness (QED) is 0.753. The maximum Gasteiger partial charge on any atom is 0.408 e. The van der Waals surface area contributed by atoms with Crippen molar-refractivity contribution in [2.24, 2.45) is 0 Å². The molecule has 0 saturated heterocycles. The summed E-state index contributed by atoms with van der Waals surface area (Å²) >= 11 is 0. The van der Waals surface area contributed by atoms with Crippen molar-refractivity contribution in [2.75, 3.05) is 6.54 Å². The fourth-order valence-electron chi connectivity index (χ4n) is 2.35. The van der Waals surface area contributed by atoms with Gasteiger partial charge in [0.25, 0.3) is 0 Å². The van der Waals surface area contributed by atoms with Gasteiger partial charge in [0.05, 0.1) is 0 Å². The molecule has 0 aliphatic heterocycles. The summed E-state index contributed by atoms with van der Waals surface area (Å²) in [6.45, 7) is 11.4. The normalized spacial score (nSPS) is 14.1. The Hall–Kier alpha value is -1.55. The molecule has 23 heavy (non-hydrogen) atoms. The van der Waals surface area contributed by atoms with Crippen molar-refractivity contribution in [3.8, 4) is 0 Å². The average Bonchev–Trinajstić information content (AvgIpc) is 2.44. The van der Waals surface area contributed by atoms with Gasteiger partial charge in [0.2, 0.25) is 0 Å². The Balaban J connectivity index is 2.56. The molecule has 4 nitrogen and oxygen atoms in total. The third-order valence-corrected chi connectivity index (χ3v) is 3.55. The number of ether oxygens (including phenoxy) is 1. The lowest BCUT2D eigenvalue weighted by atomic mass is 9.98. The largest absolute Gasteiger partial charge is 0.442 e. The maximum absolute atomic E-state index is 12.1. The Kier molecular flexibility index (Phi) is 7.56. The predicted molar refractivity (Wildman–Crippen MR) is 95.4 cm³/mol. The van der Waals surface area contributed by atoms with Crippen molar-refractivity contribution in [1.82, 2.24) is 10.6 Å². The summed E-state index contributed by atoms with van der Waals surface area (Å²) in [6, 6.07) is 10.2. The van der Waals surface area contributed by atoms with E-state index < -0.39 is 5.60 Å². The minimum Gasteiger partial charge on any atom is -0.442 e. The van der Waals surface area contributed by atoms with Crippen LogP contribution >= 0.6 is 0 Å². The minimum atomic E-state index is -0.500. The van der Waals surface area contributed by atoms with E-state index in [0.717, 1.165) is 25.8 Å². The zero-order valence-electron chi connectivity index (χ0n) is 15.2. The van der Waals surface area contributed by atoms with E-state index >= 15 is 0 Å². The van der Waals surface area contributed by atoms with Crippen molar-refractivity contribution in [2.45, 2.75) is 71.6 Å². The van der Waals surface area contributed by atoms with Crippen molar-refractivity contribution in [3.05, 3.63) is 35.9 Å². The molecule has 0 bridgehead atoms. The average molecular weight is 320 g/mol. The number of hydrogen-bond donors (Lipinski definition) is 2. The molecule has 0 radical (unpaired) electrons. The van der Waals surface area contributed by atoms with Crippen LogP contribution in [-0.2, 0) is 11.3 Å². The molecule has 0 heterocycles. The molecular weight excluding hydrogens is 288 g/mol. The first-order chi connectivity index (χ1) is 10.7. The fourth-order valence-corrected chi connectivity index (χ4v) is 2.35. The molecule has 0 aliphatic rings. The predicted octanol–water partition coefficient (Wildman–Crippen LogP) is 4.25. The lowest BCUT2D eigenvalue weighted by Gasteiger charge is -2.32. The van der Waals surface area contributed by atoms with Crippen LogP contribution in [-0.4, -0.2) is 23.8 Å². The molecule has 1 amide bonds. The monoisotopic (exact) mass is 320 g/mol. The third-order valence-electron chi connectivity index (χ3n) is 3.55. The van der Waals surface area contributed by atoms with Gasteiger partial charge in [-0.25, -0.2) is 4.79 Å². The first-order valence-corrected chi connectivity index (χ1v) is 8.50. The zero-order valence-corrected chi connectivity index (χ0v) is 15.2. The van der Waals surface area contributed by atoms with E-state index in [2.05, 4.69) is 29.7 Å². The van der Waals surface area contributed by atoms with Gasteiger partial charge >= 0.3 is 6.09 Å². The first kappa shape index (κ1) is 19.5. The number of amides is 1. The number of unbranched alkanes of at least 4 members (excludes halogenated alkanes) is 1. The van der Waals surface area contributed by atoms with Crippen LogP contribution in [0.4, 0.5) is 4.79 Å². The molecular formula is C19H32N2O2. The second-order valence-corrected chi connectivity index (χ2v) is 7.41. The van der Waals surface area contributed by atoms with E-state index in [-0.39, 0.29) is 11.6 Å². The van der Waals surface area contributed by atoms with Crippen molar-refractivity contribution in [1.29, 1.82) is 0 Å². The highest BCUT2D eigenvalue weighted by atomic mass is 16.6. The van der Waals surface area contributed by atoms with E-state index in [9.17, 15) is 4.79 Å². The molecule has 0 spiro atoms. The standard InChI is InChI=1S/C19H32N2O2/c1-6-7-13-19(5,23-17(22)21-18(2,3)4)15-20-14-16-11-9-8-10-12-16/h8-12,20H,6-7,13-15H2,1-5H3,(H,21,22)/t19-/m1/s1. The summed E-state index contributed by atoms with van der Waals surface area (Å²) in [5.74, 6) is 0. The smallest absolute Gasteiger partial charge is 0.408 e. The summed E-state index contributed by atoms with van der Waals surface area (Å²) in [4.78, 5) is 12.1. The molecule has 1 rings (SSSR count). The van der Waals surface area contributed by atoms with Gasteiger partial charge in [-0.05, 0) is 46.1 Å². The SMILES string of the molecule is CCCC[C@](C)(CNCc1ccccc1)OC(=O)NC(C)(C)C. The number of alkyl carbamates (subject to hydrolysis) is 1. The summed E-state index contributed by atoms with van der Waals surface area (Å²) in [5.41, 5.74) is 0.435. The first-order valence-electron chi connectivity index (χ1n) is 8.50. The van der Waals surface area contributed by atoms with Gasteiger partial charge in [-0.1, -0.05) is 43.7 Å². The zero-order chi connectivity index (χ0) is 17.3. The summed E-state index contributed by atoms with van der Waals surface area (Å²) in [5, 5.41) is 6.28. The molecule has 4 heteroatoms. The lowest BCUT2D eigenvalue weighted by Crippen LogP contribution is -2.48. The second-order valence-electron chi connectivity index (χ2n) is 7.41. The van der Waals surface area contributed by atoms with E-state index in [4.69, 9.17) is 4.74 Å². The van der Waals surface area contributed by atoms with Crippen LogP contribution in [0, 0.1) is 0 Å². The molecule has 0 unspecified atom stereocenters. The van der Waals surface area contributed by atoms with Crippen molar-refractivity contribution >= 4 is 6.09 Å². The molecule has 130 valence electrons. The number of hydrogen-bond acceptors (Lipinski definition) is 3. The van der Waals surface area contributed by atoms with Crippen LogP contribution < -0.4 is 10.6 Å². The van der Waals surface area contributed by atoms with E-state index in [1.807, 2.05) is 45.9 Å². The van der Waals surface area contributed by atoms with E-state index in [0.29, 0.717) is 6.54 Å². The lowest BCUT2D eigenvalue weighted by molar-refractivity contribution is 0.0137. The van der Waals surface area contributed by atoms with Crippen LogP contribution in [0.2, 0.25) is 0 Å². The fraction of sp³-hybridized carbons (Fsp3) is 0.632. The van der Waals surface area contributed by atoms with Crippen LogP contribution in [0.3, 0.4) is 0 Å². The molecule has 0 aromatic heterocycles. The van der Waals surface area contributed by atoms with Gasteiger partial charge in [0.1, 0.15) is 5.60 Å². The van der Waals surface area contributed by atoms with Gasteiger partial charge in [-0.15, -0.1) is 0 Å². The Morgan fingerprint density at radius 3 is 2.35 bits per heavy atom.